The fourth-order valence-electron chi connectivity index (χ4n) is 2.55. The molecule has 1 aromatic carbocycles. The minimum Gasteiger partial charge on any atom is -0.481 e. The van der Waals surface area contributed by atoms with Crippen LogP contribution in [0, 0.1) is 5.92 Å². The minimum absolute atomic E-state index is 0.0976. The number of amides is 2. The van der Waals surface area contributed by atoms with Crippen molar-refractivity contribution in [2.24, 2.45) is 5.92 Å². The van der Waals surface area contributed by atoms with Gasteiger partial charge in [-0.25, -0.2) is 4.79 Å². The lowest BCUT2D eigenvalue weighted by molar-refractivity contribution is -0.149. The van der Waals surface area contributed by atoms with Gasteiger partial charge in [-0.2, -0.15) is 0 Å². The number of carbonyl (C=O) groups is 3. The van der Waals surface area contributed by atoms with Crippen molar-refractivity contribution in [2.45, 2.75) is 58.7 Å². The maximum absolute atomic E-state index is 12.9. The Labute approximate surface area is 154 Å². The topological polar surface area (TPSA) is 105 Å². The fraction of sp³-hybridized carbons (Fsp3) is 0.526. The molecule has 0 fully saturated rings. The standard InChI is InChI=1S/C19H28N2O5/c1-6-19(13(2)15(22)23,21-17(25)26-18(3,4)5)16(24)20-12-14-10-8-7-9-11-14/h7-11,13H,6,12H2,1-5H3,(H,20,24)(H,21,25)(H,22,23)/t13-,19+/m1/s1. The molecule has 2 atom stereocenters. The number of nitrogens with one attached hydrogen (secondary N) is 2. The molecule has 0 saturated heterocycles. The molecule has 1 rings (SSSR count). The molecule has 144 valence electrons. The molecular weight excluding hydrogens is 336 g/mol. The van der Waals surface area contributed by atoms with E-state index in [0.29, 0.717) is 0 Å². The number of rotatable bonds is 7. The molecule has 3 N–H and O–H groups in total. The van der Waals surface area contributed by atoms with Crippen LogP contribution >= 0.6 is 0 Å². The van der Waals surface area contributed by atoms with E-state index in [1.165, 1.54) is 6.92 Å². The smallest absolute Gasteiger partial charge is 0.408 e. The summed E-state index contributed by atoms with van der Waals surface area (Å²) in [4.78, 5) is 36.7. The van der Waals surface area contributed by atoms with Crippen molar-refractivity contribution in [3.63, 3.8) is 0 Å². The first-order chi connectivity index (χ1) is 12.0. The summed E-state index contributed by atoms with van der Waals surface area (Å²) in [5.41, 5.74) is -1.52. The third-order valence-corrected chi connectivity index (χ3v) is 4.09. The zero-order valence-electron chi connectivity index (χ0n) is 16.0. The highest BCUT2D eigenvalue weighted by Gasteiger charge is 2.47. The number of ether oxygens (including phenoxy) is 1. The summed E-state index contributed by atoms with van der Waals surface area (Å²) in [5.74, 6) is -2.89. The molecule has 0 aliphatic heterocycles. The molecule has 0 aromatic heterocycles. The Morgan fingerprint density at radius 2 is 1.73 bits per heavy atom. The van der Waals surface area contributed by atoms with Gasteiger partial charge in [0, 0.05) is 6.54 Å². The number of benzene rings is 1. The molecule has 2 amide bonds. The lowest BCUT2D eigenvalue weighted by Gasteiger charge is -2.36. The summed E-state index contributed by atoms with van der Waals surface area (Å²) in [7, 11) is 0. The summed E-state index contributed by atoms with van der Waals surface area (Å²) in [6.45, 7) is 8.34. The Kier molecular flexibility index (Phi) is 7.18. The third-order valence-electron chi connectivity index (χ3n) is 4.09. The molecule has 7 heteroatoms. The van der Waals surface area contributed by atoms with Crippen LogP contribution in [-0.2, 0) is 20.9 Å². The van der Waals surface area contributed by atoms with Gasteiger partial charge in [-0.3, -0.25) is 9.59 Å². The maximum Gasteiger partial charge on any atom is 0.408 e. The van der Waals surface area contributed by atoms with Crippen LogP contribution in [0.2, 0.25) is 0 Å². The second-order valence-corrected chi connectivity index (χ2v) is 7.18. The van der Waals surface area contributed by atoms with Gasteiger partial charge in [-0.1, -0.05) is 37.3 Å². The average Bonchev–Trinajstić information content (AvgIpc) is 2.56. The number of aliphatic carboxylic acids is 1. The maximum atomic E-state index is 12.9. The van der Waals surface area contributed by atoms with Gasteiger partial charge in [0.15, 0.2) is 0 Å². The highest BCUT2D eigenvalue weighted by molar-refractivity contribution is 5.94. The molecule has 0 unspecified atom stereocenters. The van der Waals surface area contributed by atoms with E-state index in [9.17, 15) is 19.5 Å². The largest absolute Gasteiger partial charge is 0.481 e. The Morgan fingerprint density at radius 3 is 2.19 bits per heavy atom. The van der Waals surface area contributed by atoms with Gasteiger partial charge >= 0.3 is 12.1 Å². The molecule has 26 heavy (non-hydrogen) atoms. The summed E-state index contributed by atoms with van der Waals surface area (Å²) in [5, 5.41) is 14.7. The molecule has 0 saturated carbocycles. The number of carboxylic acids is 1. The number of hydrogen-bond acceptors (Lipinski definition) is 4. The van der Waals surface area contributed by atoms with Crippen molar-refractivity contribution in [3.05, 3.63) is 35.9 Å². The summed E-state index contributed by atoms with van der Waals surface area (Å²) < 4.78 is 5.21. The van der Waals surface area contributed by atoms with E-state index in [4.69, 9.17) is 4.74 Å². The van der Waals surface area contributed by atoms with Gasteiger partial charge < -0.3 is 20.5 Å². The van der Waals surface area contributed by atoms with Crippen molar-refractivity contribution in [1.82, 2.24) is 10.6 Å². The number of hydrogen-bond donors (Lipinski definition) is 3. The Hall–Kier alpha value is -2.57. The predicted octanol–water partition coefficient (Wildman–Crippen LogP) is 2.70. The Morgan fingerprint density at radius 1 is 1.15 bits per heavy atom. The van der Waals surface area contributed by atoms with Gasteiger partial charge in [0.1, 0.15) is 11.1 Å². The third kappa shape index (κ3) is 5.75. The van der Waals surface area contributed by atoms with Crippen LogP contribution in [-0.4, -0.2) is 34.2 Å². The molecular formula is C19H28N2O5. The van der Waals surface area contributed by atoms with E-state index in [0.717, 1.165) is 5.56 Å². The number of alkyl carbamates (subject to hydrolysis) is 1. The molecule has 0 aliphatic carbocycles. The first-order valence-corrected chi connectivity index (χ1v) is 8.58. The van der Waals surface area contributed by atoms with Crippen LogP contribution in [0.15, 0.2) is 30.3 Å². The molecule has 1 aromatic rings. The summed E-state index contributed by atoms with van der Waals surface area (Å²) in [6, 6.07) is 9.23. The van der Waals surface area contributed by atoms with Gasteiger partial charge in [-0.15, -0.1) is 0 Å². The fourth-order valence-corrected chi connectivity index (χ4v) is 2.55. The lowest BCUT2D eigenvalue weighted by atomic mass is 9.81. The van der Waals surface area contributed by atoms with E-state index in [-0.39, 0.29) is 13.0 Å². The van der Waals surface area contributed by atoms with Crippen LogP contribution in [0.1, 0.15) is 46.6 Å². The summed E-state index contributed by atoms with van der Waals surface area (Å²) >= 11 is 0. The zero-order valence-corrected chi connectivity index (χ0v) is 16.0. The van der Waals surface area contributed by atoms with Crippen LogP contribution in [0.3, 0.4) is 0 Å². The van der Waals surface area contributed by atoms with Crippen molar-refractivity contribution < 1.29 is 24.2 Å². The van der Waals surface area contributed by atoms with Crippen molar-refractivity contribution in [3.8, 4) is 0 Å². The highest BCUT2D eigenvalue weighted by atomic mass is 16.6. The number of carbonyl (C=O) groups excluding carboxylic acids is 2. The molecule has 0 aliphatic rings. The van der Waals surface area contributed by atoms with Crippen LogP contribution in [0.4, 0.5) is 4.79 Å². The van der Waals surface area contributed by atoms with E-state index in [1.54, 1.807) is 27.7 Å². The quantitative estimate of drug-likeness (QED) is 0.690. The van der Waals surface area contributed by atoms with Crippen LogP contribution < -0.4 is 10.6 Å². The predicted molar refractivity (Wildman–Crippen MR) is 97.5 cm³/mol. The van der Waals surface area contributed by atoms with Gasteiger partial charge in [-0.05, 0) is 39.7 Å². The van der Waals surface area contributed by atoms with Gasteiger partial charge in [0.05, 0.1) is 5.92 Å². The van der Waals surface area contributed by atoms with E-state index in [1.807, 2.05) is 30.3 Å². The molecule has 7 nitrogen and oxygen atoms in total. The average molecular weight is 364 g/mol. The second kappa shape index (κ2) is 8.69. The zero-order chi connectivity index (χ0) is 20.0. The highest BCUT2D eigenvalue weighted by Crippen LogP contribution is 2.24. The van der Waals surface area contributed by atoms with Crippen molar-refractivity contribution >= 4 is 18.0 Å². The monoisotopic (exact) mass is 364 g/mol. The molecule has 0 bridgehead atoms. The second-order valence-electron chi connectivity index (χ2n) is 7.18. The van der Waals surface area contributed by atoms with Crippen LogP contribution in [0.5, 0.6) is 0 Å². The minimum atomic E-state index is -1.62. The SMILES string of the molecule is CC[C@@](NC(=O)OC(C)(C)C)(C(=O)NCc1ccccc1)[C@H](C)C(=O)O. The van der Waals surface area contributed by atoms with Crippen LogP contribution in [0.25, 0.3) is 0 Å². The number of carboxylic acid groups (broad SMARTS) is 1. The van der Waals surface area contributed by atoms with E-state index < -0.39 is 35.0 Å². The first kappa shape index (κ1) is 21.5. The summed E-state index contributed by atoms with van der Waals surface area (Å²) in [6.07, 6.45) is -0.734. The van der Waals surface area contributed by atoms with Crippen molar-refractivity contribution in [1.29, 1.82) is 0 Å². The van der Waals surface area contributed by atoms with Gasteiger partial charge in [0.25, 0.3) is 0 Å². The molecule has 0 radical (unpaired) electrons. The van der Waals surface area contributed by atoms with E-state index in [2.05, 4.69) is 10.6 Å². The normalized spacial score (nSPS) is 14.7. The first-order valence-electron chi connectivity index (χ1n) is 8.58. The Bertz CT molecular complexity index is 639. The molecule has 0 spiro atoms. The molecule has 0 heterocycles. The van der Waals surface area contributed by atoms with Gasteiger partial charge in [0.2, 0.25) is 5.91 Å². The lowest BCUT2D eigenvalue weighted by Crippen LogP contribution is -2.64. The van der Waals surface area contributed by atoms with Crippen molar-refractivity contribution in [2.75, 3.05) is 0 Å². The Balaban J connectivity index is 3.03. The van der Waals surface area contributed by atoms with E-state index >= 15 is 0 Å².